The number of nitrogens with zero attached hydrogens (tertiary/aromatic N) is 1. The van der Waals surface area contributed by atoms with E-state index in [0.29, 0.717) is 12.2 Å². The first-order chi connectivity index (χ1) is 14.7. The highest BCUT2D eigenvalue weighted by atomic mass is 16.5. The number of aromatic amines is 1. The van der Waals surface area contributed by atoms with Gasteiger partial charge in [0.25, 0.3) is 0 Å². The molecule has 0 radical (unpaired) electrons. The van der Waals surface area contributed by atoms with E-state index in [9.17, 15) is 4.79 Å². The zero-order valence-electron chi connectivity index (χ0n) is 17.2. The van der Waals surface area contributed by atoms with Gasteiger partial charge in [-0.2, -0.15) is 0 Å². The molecule has 0 aliphatic carbocycles. The average molecular weight is 396 g/mol. The van der Waals surface area contributed by atoms with E-state index < -0.39 is 0 Å². The molecule has 0 atom stereocenters. The predicted octanol–water partition coefficient (Wildman–Crippen LogP) is 5.79. The molecule has 30 heavy (non-hydrogen) atoms. The lowest BCUT2D eigenvalue weighted by molar-refractivity contribution is -0.138. The van der Waals surface area contributed by atoms with Crippen molar-refractivity contribution in [3.63, 3.8) is 0 Å². The van der Waals surface area contributed by atoms with Crippen molar-refractivity contribution in [1.29, 1.82) is 0 Å². The lowest BCUT2D eigenvalue weighted by atomic mass is 9.98. The quantitative estimate of drug-likeness (QED) is 0.332. The van der Waals surface area contributed by atoms with E-state index in [0.717, 1.165) is 28.8 Å². The van der Waals surface area contributed by atoms with Gasteiger partial charge in [0, 0.05) is 40.9 Å². The molecule has 4 nitrogen and oxygen atoms in total. The van der Waals surface area contributed by atoms with Crippen LogP contribution in [-0.2, 0) is 16.0 Å². The number of nitrogens with one attached hydrogen (secondary N) is 1. The highest BCUT2D eigenvalue weighted by Gasteiger charge is 2.13. The van der Waals surface area contributed by atoms with Gasteiger partial charge in [-0.25, -0.2) is 4.79 Å². The minimum Gasteiger partial charge on any atom is -0.463 e. The van der Waals surface area contributed by atoms with Crippen LogP contribution in [0.4, 0.5) is 0 Å². The largest absolute Gasteiger partial charge is 0.463 e. The number of rotatable bonds is 6. The monoisotopic (exact) mass is 396 g/mol. The van der Waals surface area contributed by atoms with Crippen LogP contribution in [0.5, 0.6) is 0 Å². The van der Waals surface area contributed by atoms with Gasteiger partial charge >= 0.3 is 5.97 Å². The summed E-state index contributed by atoms with van der Waals surface area (Å²) in [6, 6.07) is 20.7. The average Bonchev–Trinajstić information content (AvgIpc) is 3.14. The number of fused-ring (bicyclic) bond motifs is 1. The van der Waals surface area contributed by atoms with Crippen LogP contribution in [-0.4, -0.2) is 22.5 Å². The van der Waals surface area contributed by atoms with E-state index in [2.05, 4.69) is 46.4 Å². The van der Waals surface area contributed by atoms with Crippen molar-refractivity contribution in [3.05, 3.63) is 95.3 Å². The Morgan fingerprint density at radius 2 is 1.87 bits per heavy atom. The maximum absolute atomic E-state index is 11.8. The number of carbonyl (C=O) groups excluding carboxylic acids is 1. The molecule has 4 heteroatoms. The van der Waals surface area contributed by atoms with Gasteiger partial charge in [0.15, 0.2) is 0 Å². The van der Waals surface area contributed by atoms with Gasteiger partial charge in [0.2, 0.25) is 0 Å². The number of ether oxygens (including phenoxy) is 1. The fraction of sp³-hybridized carbons (Fsp3) is 0.154. The third-order valence-electron chi connectivity index (χ3n) is 5.11. The van der Waals surface area contributed by atoms with Crippen LogP contribution < -0.4 is 0 Å². The van der Waals surface area contributed by atoms with Crippen LogP contribution >= 0.6 is 0 Å². The highest BCUT2D eigenvalue weighted by molar-refractivity contribution is 5.93. The first kappa shape index (κ1) is 19.6. The number of hydrogen-bond donors (Lipinski definition) is 1. The minimum absolute atomic E-state index is 0.276. The first-order valence-corrected chi connectivity index (χ1v) is 10.1. The van der Waals surface area contributed by atoms with E-state index in [-0.39, 0.29) is 5.97 Å². The van der Waals surface area contributed by atoms with Crippen molar-refractivity contribution in [1.82, 2.24) is 9.97 Å². The number of H-pyrrole nitrogens is 1. The summed E-state index contributed by atoms with van der Waals surface area (Å²) in [5.41, 5.74) is 7.34. The first-order valence-electron chi connectivity index (χ1n) is 10.1. The van der Waals surface area contributed by atoms with E-state index >= 15 is 0 Å². The molecular weight excluding hydrogens is 372 g/mol. The number of para-hydroxylation sites is 1. The summed E-state index contributed by atoms with van der Waals surface area (Å²) in [7, 11) is 0. The number of aromatic nitrogens is 2. The second-order valence-electron chi connectivity index (χ2n) is 7.23. The SMILES string of the molecule is CCOC(=O)/C(C)=C/c1ccc(Cc2c(-c3cccnc3)[nH]c3ccccc23)cc1. The smallest absolute Gasteiger partial charge is 0.333 e. The summed E-state index contributed by atoms with van der Waals surface area (Å²) in [5.74, 6) is -0.276. The van der Waals surface area contributed by atoms with Crippen molar-refractivity contribution in [2.75, 3.05) is 6.61 Å². The van der Waals surface area contributed by atoms with Crippen LogP contribution in [0.3, 0.4) is 0 Å². The van der Waals surface area contributed by atoms with Gasteiger partial charge in [-0.3, -0.25) is 4.98 Å². The molecular formula is C26H24N2O2. The Hall–Kier alpha value is -3.66. The molecule has 0 saturated heterocycles. The summed E-state index contributed by atoms with van der Waals surface area (Å²) >= 11 is 0. The number of carbonyl (C=O) groups is 1. The van der Waals surface area contributed by atoms with Gasteiger partial charge in [-0.1, -0.05) is 42.5 Å². The van der Waals surface area contributed by atoms with Gasteiger partial charge in [0.1, 0.15) is 0 Å². The predicted molar refractivity (Wildman–Crippen MR) is 121 cm³/mol. The maximum atomic E-state index is 11.8. The zero-order chi connectivity index (χ0) is 20.9. The number of esters is 1. The molecule has 150 valence electrons. The molecule has 4 aromatic rings. The molecule has 2 aromatic heterocycles. The minimum atomic E-state index is -0.276. The van der Waals surface area contributed by atoms with Crippen molar-refractivity contribution >= 4 is 22.9 Å². The molecule has 0 fully saturated rings. The summed E-state index contributed by atoms with van der Waals surface area (Å²) in [5, 5.41) is 1.22. The number of pyridine rings is 1. The Kier molecular flexibility index (Phi) is 5.75. The molecule has 0 amide bonds. The standard InChI is InChI=1S/C26H24N2O2/c1-3-30-26(29)18(2)15-19-10-12-20(13-11-19)16-23-22-8-4-5-9-24(22)28-25(23)21-7-6-14-27-17-21/h4-15,17,28H,3,16H2,1-2H3/b18-15+. The van der Waals surface area contributed by atoms with Gasteiger partial charge in [-0.05, 0) is 54.8 Å². The summed E-state index contributed by atoms with van der Waals surface area (Å²) in [6.45, 7) is 3.97. The lowest BCUT2D eigenvalue weighted by Gasteiger charge is -2.07. The van der Waals surface area contributed by atoms with Crippen molar-refractivity contribution in [3.8, 4) is 11.3 Å². The number of benzene rings is 2. The van der Waals surface area contributed by atoms with Gasteiger partial charge in [0.05, 0.1) is 12.3 Å². The van der Waals surface area contributed by atoms with Crippen LogP contribution in [0.2, 0.25) is 0 Å². The van der Waals surface area contributed by atoms with E-state index in [1.165, 1.54) is 16.5 Å². The van der Waals surface area contributed by atoms with Crippen molar-refractivity contribution < 1.29 is 9.53 Å². The van der Waals surface area contributed by atoms with Crippen LogP contribution in [0.15, 0.2) is 78.6 Å². The molecule has 2 heterocycles. The topological polar surface area (TPSA) is 55.0 Å². The van der Waals surface area contributed by atoms with E-state index in [1.54, 1.807) is 13.1 Å². The molecule has 0 saturated carbocycles. The van der Waals surface area contributed by atoms with Crippen LogP contribution in [0.1, 0.15) is 30.5 Å². The molecule has 0 spiro atoms. The molecule has 0 aliphatic rings. The van der Waals surface area contributed by atoms with Crippen molar-refractivity contribution in [2.45, 2.75) is 20.3 Å². The second kappa shape index (κ2) is 8.78. The molecule has 4 rings (SSSR count). The molecule has 0 aliphatic heterocycles. The Balaban J connectivity index is 1.65. The Morgan fingerprint density at radius 1 is 1.07 bits per heavy atom. The van der Waals surface area contributed by atoms with E-state index in [1.807, 2.05) is 43.5 Å². The normalized spacial score (nSPS) is 11.6. The fourth-order valence-corrected chi connectivity index (χ4v) is 3.63. The summed E-state index contributed by atoms with van der Waals surface area (Å²) in [4.78, 5) is 19.7. The maximum Gasteiger partial charge on any atom is 0.333 e. The Bertz CT molecular complexity index is 1190. The fourth-order valence-electron chi connectivity index (χ4n) is 3.63. The summed E-state index contributed by atoms with van der Waals surface area (Å²) < 4.78 is 5.05. The second-order valence-corrected chi connectivity index (χ2v) is 7.23. The Morgan fingerprint density at radius 3 is 2.60 bits per heavy atom. The molecule has 0 bridgehead atoms. The Labute approximate surface area is 176 Å². The third kappa shape index (κ3) is 4.18. The molecule has 1 N–H and O–H groups in total. The summed E-state index contributed by atoms with van der Waals surface area (Å²) in [6.07, 6.45) is 6.33. The molecule has 0 unspecified atom stereocenters. The highest BCUT2D eigenvalue weighted by Crippen LogP contribution is 2.31. The zero-order valence-corrected chi connectivity index (χ0v) is 17.2. The van der Waals surface area contributed by atoms with Gasteiger partial charge in [-0.15, -0.1) is 0 Å². The van der Waals surface area contributed by atoms with Crippen LogP contribution in [0, 0.1) is 0 Å². The molecule has 2 aromatic carbocycles. The van der Waals surface area contributed by atoms with E-state index in [4.69, 9.17) is 4.74 Å². The van der Waals surface area contributed by atoms with Crippen LogP contribution in [0.25, 0.3) is 28.2 Å². The van der Waals surface area contributed by atoms with Crippen molar-refractivity contribution in [2.24, 2.45) is 0 Å². The third-order valence-corrected chi connectivity index (χ3v) is 5.11. The lowest BCUT2D eigenvalue weighted by Crippen LogP contribution is -2.04. The van der Waals surface area contributed by atoms with Gasteiger partial charge < -0.3 is 9.72 Å². The number of hydrogen-bond acceptors (Lipinski definition) is 3.